The molecule has 0 unspecified atom stereocenters. The van der Waals surface area contributed by atoms with Crippen molar-refractivity contribution in [3.63, 3.8) is 0 Å². The van der Waals surface area contributed by atoms with Gasteiger partial charge in [0.2, 0.25) is 9.84 Å². The van der Waals surface area contributed by atoms with E-state index in [0.717, 1.165) is 21.0 Å². The van der Waals surface area contributed by atoms with Gasteiger partial charge in [-0.3, -0.25) is 9.59 Å². The van der Waals surface area contributed by atoms with Crippen molar-refractivity contribution in [3.05, 3.63) is 94.5 Å². The second-order valence-corrected chi connectivity index (χ2v) is 12.6. The molecule has 4 aromatic rings. The van der Waals surface area contributed by atoms with Crippen molar-refractivity contribution in [2.45, 2.75) is 42.2 Å². The van der Waals surface area contributed by atoms with Gasteiger partial charge in [-0.2, -0.15) is 0 Å². The van der Waals surface area contributed by atoms with E-state index in [4.69, 9.17) is 0 Å². The molecule has 1 aromatic heterocycles. The van der Waals surface area contributed by atoms with Crippen LogP contribution in [0, 0.1) is 0 Å². The number of fused-ring (bicyclic) bond motifs is 2. The fourth-order valence-corrected chi connectivity index (χ4v) is 6.84. The number of carbonyl (C=O) groups excluding carboxylic acids is 2. The van der Waals surface area contributed by atoms with Crippen molar-refractivity contribution >= 4 is 38.7 Å². The Kier molecular flexibility index (Phi) is 6.64. The first kappa shape index (κ1) is 25.8. The molecule has 2 amide bonds. The third-order valence-electron chi connectivity index (χ3n) is 6.05. The molecule has 38 heavy (non-hydrogen) atoms. The summed E-state index contributed by atoms with van der Waals surface area (Å²) in [6.45, 7) is 3.74. The van der Waals surface area contributed by atoms with Gasteiger partial charge in [0.1, 0.15) is 5.01 Å². The number of sulfone groups is 1. The zero-order valence-electron chi connectivity index (χ0n) is 20.7. The van der Waals surface area contributed by atoms with Crippen molar-refractivity contribution in [1.82, 2.24) is 10.3 Å². The summed E-state index contributed by atoms with van der Waals surface area (Å²) in [6, 6.07) is 17.9. The molecular formula is C28H25N3O5S2. The molecule has 1 aliphatic rings. The first-order valence-electron chi connectivity index (χ1n) is 11.9. The maximum Gasteiger partial charge on any atom is 0.257 e. The first-order chi connectivity index (χ1) is 18.0. The van der Waals surface area contributed by atoms with Gasteiger partial charge in [0.25, 0.3) is 11.8 Å². The first-order valence-corrected chi connectivity index (χ1v) is 14.2. The molecular weight excluding hydrogens is 522 g/mol. The summed E-state index contributed by atoms with van der Waals surface area (Å²) >= 11 is 1.44. The topological polar surface area (TPSA) is 125 Å². The molecule has 0 atom stereocenters. The average molecular weight is 548 g/mol. The molecule has 8 nitrogen and oxygen atoms in total. The molecule has 5 rings (SSSR count). The molecule has 194 valence electrons. The number of anilines is 1. The highest BCUT2D eigenvalue weighted by Crippen LogP contribution is 2.34. The summed E-state index contributed by atoms with van der Waals surface area (Å²) in [5, 5.41) is 16.5. The van der Waals surface area contributed by atoms with Gasteiger partial charge in [-0.05, 0) is 49.7 Å². The van der Waals surface area contributed by atoms with Gasteiger partial charge in [0.05, 0.1) is 33.2 Å². The van der Waals surface area contributed by atoms with Crippen LogP contribution in [-0.4, -0.2) is 35.9 Å². The lowest BCUT2D eigenvalue weighted by molar-refractivity contribution is 0.0810. The number of nitrogens with zero attached hydrogens (tertiary/aromatic N) is 1. The molecule has 3 N–H and O–H groups in total. The van der Waals surface area contributed by atoms with E-state index in [1.165, 1.54) is 41.7 Å². The summed E-state index contributed by atoms with van der Waals surface area (Å²) in [7, 11) is -3.94. The molecule has 1 aliphatic heterocycles. The number of aromatic nitrogens is 1. The van der Waals surface area contributed by atoms with Crippen LogP contribution in [0.5, 0.6) is 0 Å². The van der Waals surface area contributed by atoms with Crippen LogP contribution < -0.4 is 10.6 Å². The van der Waals surface area contributed by atoms with Crippen molar-refractivity contribution in [3.8, 4) is 10.6 Å². The molecule has 0 spiro atoms. The fraction of sp³-hybridized carbons (Fsp3) is 0.179. The maximum absolute atomic E-state index is 13.2. The zero-order valence-corrected chi connectivity index (χ0v) is 22.3. The number of carbonyl (C=O) groups is 2. The van der Waals surface area contributed by atoms with E-state index in [1.54, 1.807) is 32.2 Å². The van der Waals surface area contributed by atoms with Crippen molar-refractivity contribution in [2.75, 3.05) is 5.32 Å². The van der Waals surface area contributed by atoms with Gasteiger partial charge in [-0.1, -0.05) is 36.4 Å². The van der Waals surface area contributed by atoms with Crippen LogP contribution in [0.4, 0.5) is 5.69 Å². The Balaban J connectivity index is 1.34. The minimum absolute atomic E-state index is 0.0554. The van der Waals surface area contributed by atoms with Gasteiger partial charge in [-0.15, -0.1) is 11.3 Å². The monoisotopic (exact) mass is 547 g/mol. The van der Waals surface area contributed by atoms with Crippen molar-refractivity contribution in [1.29, 1.82) is 0 Å². The van der Waals surface area contributed by atoms with E-state index in [1.807, 2.05) is 24.3 Å². The average Bonchev–Trinajstić information content (AvgIpc) is 3.32. The summed E-state index contributed by atoms with van der Waals surface area (Å²) in [5.74, 6) is -0.971. The number of rotatable bonds is 6. The smallest absolute Gasteiger partial charge is 0.257 e. The van der Waals surface area contributed by atoms with E-state index >= 15 is 0 Å². The molecule has 10 heteroatoms. The van der Waals surface area contributed by atoms with E-state index in [0.29, 0.717) is 6.42 Å². The third-order valence-corrected chi connectivity index (χ3v) is 8.95. The van der Waals surface area contributed by atoms with Gasteiger partial charge >= 0.3 is 0 Å². The Bertz CT molecular complexity index is 1670. The second-order valence-electron chi connectivity index (χ2n) is 9.63. The van der Waals surface area contributed by atoms with E-state index in [2.05, 4.69) is 15.6 Å². The number of aliphatic hydroxyl groups is 1. The minimum atomic E-state index is -3.94. The Morgan fingerprint density at radius 2 is 1.74 bits per heavy atom. The van der Waals surface area contributed by atoms with Crippen LogP contribution in [0.3, 0.4) is 0 Å². The van der Waals surface area contributed by atoms with Gasteiger partial charge in [0.15, 0.2) is 0 Å². The molecule has 3 aromatic carbocycles. The Hall–Kier alpha value is -3.86. The number of hydrogen-bond acceptors (Lipinski definition) is 7. The Morgan fingerprint density at radius 1 is 1.03 bits per heavy atom. The number of nitrogens with one attached hydrogen (secondary N) is 2. The number of amides is 2. The molecule has 0 saturated carbocycles. The summed E-state index contributed by atoms with van der Waals surface area (Å²) in [4.78, 5) is 30.8. The Labute approximate surface area is 224 Å². The van der Waals surface area contributed by atoms with Crippen LogP contribution in [0.1, 0.15) is 45.0 Å². The highest BCUT2D eigenvalue weighted by atomic mass is 32.2. The lowest BCUT2D eigenvalue weighted by Crippen LogP contribution is -2.22. The van der Waals surface area contributed by atoms with Crippen LogP contribution in [0.25, 0.3) is 10.6 Å². The fourth-order valence-electron chi connectivity index (χ4n) is 4.33. The molecule has 0 radical (unpaired) electrons. The number of thiazole rings is 1. The minimum Gasteiger partial charge on any atom is -0.390 e. The van der Waals surface area contributed by atoms with E-state index in [9.17, 15) is 23.1 Å². The van der Waals surface area contributed by atoms with Crippen molar-refractivity contribution < 1.29 is 23.1 Å². The van der Waals surface area contributed by atoms with Gasteiger partial charge in [-0.25, -0.2) is 13.4 Å². The molecule has 0 bridgehead atoms. The zero-order chi connectivity index (χ0) is 27.1. The van der Waals surface area contributed by atoms with E-state index < -0.39 is 27.3 Å². The van der Waals surface area contributed by atoms with Crippen LogP contribution in [0.15, 0.2) is 82.7 Å². The van der Waals surface area contributed by atoms with Crippen LogP contribution >= 0.6 is 11.3 Å². The number of hydrogen-bond donors (Lipinski definition) is 3. The third kappa shape index (κ3) is 5.10. The van der Waals surface area contributed by atoms with Crippen LogP contribution in [0.2, 0.25) is 0 Å². The lowest BCUT2D eigenvalue weighted by atomic mass is 9.95. The van der Waals surface area contributed by atoms with Gasteiger partial charge < -0.3 is 15.7 Å². The number of benzene rings is 3. The normalized spacial score (nSPS) is 14.1. The largest absolute Gasteiger partial charge is 0.390 e. The lowest BCUT2D eigenvalue weighted by Gasteiger charge is -2.18. The van der Waals surface area contributed by atoms with Crippen molar-refractivity contribution in [2.24, 2.45) is 0 Å². The van der Waals surface area contributed by atoms with E-state index in [-0.39, 0.29) is 33.2 Å². The van der Waals surface area contributed by atoms with Gasteiger partial charge in [0, 0.05) is 28.6 Å². The Morgan fingerprint density at radius 3 is 2.50 bits per heavy atom. The molecule has 0 aliphatic carbocycles. The maximum atomic E-state index is 13.2. The highest BCUT2D eigenvalue weighted by molar-refractivity contribution is 7.91. The summed E-state index contributed by atoms with van der Waals surface area (Å²) in [5.41, 5.74) is 1.38. The summed E-state index contributed by atoms with van der Waals surface area (Å²) in [6.07, 6.45) is 2.17. The molecule has 0 fully saturated rings. The molecule has 0 saturated heterocycles. The SMILES string of the molecule is CC(C)(O)Cc1ccccc1-c1ncc(CNC(=O)c2ccc3c(c2)NC(=O)c2ccccc2S3(=O)=O)s1. The predicted molar refractivity (Wildman–Crippen MR) is 145 cm³/mol. The van der Waals surface area contributed by atoms with Crippen LogP contribution in [-0.2, 0) is 22.8 Å². The quantitative estimate of drug-likeness (QED) is 0.328. The standard InChI is InChI=1S/C28H25N3O5S2/c1-28(2,34)14-18-7-3-4-8-20(18)27-30-16-19(37-27)15-29-25(32)17-11-12-24-22(13-17)31-26(33)21-9-5-6-10-23(21)38(24,35)36/h3-13,16,34H,14-15H2,1-2H3,(H,29,32)(H,31,33). The molecule has 2 heterocycles. The second kappa shape index (κ2) is 9.79. The highest BCUT2D eigenvalue weighted by Gasteiger charge is 2.31. The summed E-state index contributed by atoms with van der Waals surface area (Å²) < 4.78 is 26.3. The predicted octanol–water partition coefficient (Wildman–Crippen LogP) is 4.45.